The number of amides is 1. The molecular formula is C11H12Cl2N2O2. The highest BCUT2D eigenvalue weighted by Crippen LogP contribution is 2.32. The molecule has 1 aromatic heterocycles. The molecule has 0 bridgehead atoms. The number of halogens is 2. The van der Waals surface area contributed by atoms with Crippen LogP contribution in [0.15, 0.2) is 6.07 Å². The van der Waals surface area contributed by atoms with E-state index >= 15 is 0 Å². The molecule has 0 radical (unpaired) electrons. The molecule has 1 fully saturated rings. The van der Waals surface area contributed by atoms with Gasteiger partial charge in [-0.15, -0.1) is 0 Å². The number of hydrogen-bond donors (Lipinski definition) is 1. The average molecular weight is 275 g/mol. The smallest absolute Gasteiger partial charge is 0.228 e. The van der Waals surface area contributed by atoms with E-state index in [-0.39, 0.29) is 18.4 Å². The van der Waals surface area contributed by atoms with Crippen LogP contribution in [0.2, 0.25) is 10.0 Å². The molecule has 1 aliphatic heterocycles. The van der Waals surface area contributed by atoms with Crippen LogP contribution in [0.3, 0.4) is 0 Å². The van der Waals surface area contributed by atoms with E-state index in [1.165, 1.54) is 4.90 Å². The minimum Gasteiger partial charge on any atom is -0.396 e. The Morgan fingerprint density at radius 3 is 2.82 bits per heavy atom. The van der Waals surface area contributed by atoms with Crippen molar-refractivity contribution in [3.05, 3.63) is 21.8 Å². The van der Waals surface area contributed by atoms with Crippen molar-refractivity contribution in [3.8, 4) is 0 Å². The second kappa shape index (κ2) is 4.80. The van der Waals surface area contributed by atoms with Crippen LogP contribution in [-0.2, 0) is 4.79 Å². The molecule has 2 rings (SSSR count). The Hall–Kier alpha value is -0.840. The van der Waals surface area contributed by atoms with Gasteiger partial charge >= 0.3 is 0 Å². The number of aliphatic hydroxyl groups is 1. The maximum absolute atomic E-state index is 11.8. The van der Waals surface area contributed by atoms with Gasteiger partial charge in [0.2, 0.25) is 5.91 Å². The zero-order chi connectivity index (χ0) is 12.6. The Morgan fingerprint density at radius 2 is 2.24 bits per heavy atom. The minimum absolute atomic E-state index is 0.00751. The molecule has 6 heteroatoms. The summed E-state index contributed by atoms with van der Waals surface area (Å²) >= 11 is 11.9. The summed E-state index contributed by atoms with van der Waals surface area (Å²) in [6, 6.07) is 1.58. The molecule has 1 saturated heterocycles. The van der Waals surface area contributed by atoms with Crippen molar-refractivity contribution in [3.63, 3.8) is 0 Å². The Labute approximate surface area is 109 Å². The maximum Gasteiger partial charge on any atom is 0.228 e. The van der Waals surface area contributed by atoms with Crippen LogP contribution in [0, 0.1) is 12.8 Å². The molecular weight excluding hydrogens is 263 g/mol. The van der Waals surface area contributed by atoms with Crippen molar-refractivity contribution in [1.29, 1.82) is 0 Å². The van der Waals surface area contributed by atoms with Crippen LogP contribution >= 0.6 is 23.2 Å². The predicted molar refractivity (Wildman–Crippen MR) is 66.5 cm³/mol. The molecule has 17 heavy (non-hydrogen) atoms. The monoisotopic (exact) mass is 274 g/mol. The topological polar surface area (TPSA) is 53.4 Å². The lowest BCUT2D eigenvalue weighted by molar-refractivity contribution is -0.117. The number of rotatable bonds is 2. The van der Waals surface area contributed by atoms with Crippen molar-refractivity contribution < 1.29 is 9.90 Å². The molecule has 1 aromatic rings. The van der Waals surface area contributed by atoms with Crippen LogP contribution < -0.4 is 4.90 Å². The number of aliphatic hydroxyl groups excluding tert-OH is 1. The molecule has 0 spiro atoms. The molecule has 1 unspecified atom stereocenters. The van der Waals surface area contributed by atoms with Crippen LogP contribution in [0.1, 0.15) is 12.1 Å². The molecule has 1 atom stereocenters. The summed E-state index contributed by atoms with van der Waals surface area (Å²) < 4.78 is 0. The number of carbonyl (C=O) groups is 1. The van der Waals surface area contributed by atoms with Crippen molar-refractivity contribution in [1.82, 2.24) is 4.98 Å². The number of hydrogen-bond acceptors (Lipinski definition) is 3. The zero-order valence-corrected chi connectivity index (χ0v) is 10.8. The Morgan fingerprint density at radius 1 is 1.53 bits per heavy atom. The zero-order valence-electron chi connectivity index (χ0n) is 9.28. The maximum atomic E-state index is 11.8. The van der Waals surface area contributed by atoms with Gasteiger partial charge in [0.05, 0.1) is 15.7 Å². The minimum atomic E-state index is -0.0693. The van der Waals surface area contributed by atoms with Gasteiger partial charge < -0.3 is 5.11 Å². The lowest BCUT2D eigenvalue weighted by Gasteiger charge is -2.17. The molecule has 1 N–H and O–H groups in total. The van der Waals surface area contributed by atoms with Gasteiger partial charge in [-0.2, -0.15) is 0 Å². The first-order valence-corrected chi connectivity index (χ1v) is 6.02. The normalized spacial score (nSPS) is 20.1. The third kappa shape index (κ3) is 2.39. The van der Waals surface area contributed by atoms with E-state index < -0.39 is 0 Å². The SMILES string of the molecule is Cc1nc(N2CC(CO)CC2=O)c(Cl)cc1Cl. The van der Waals surface area contributed by atoms with E-state index in [1.807, 2.05) is 0 Å². The van der Waals surface area contributed by atoms with Gasteiger partial charge in [-0.1, -0.05) is 23.2 Å². The molecule has 1 amide bonds. The molecule has 1 aliphatic rings. The summed E-state index contributed by atoms with van der Waals surface area (Å²) in [4.78, 5) is 17.5. The summed E-state index contributed by atoms with van der Waals surface area (Å²) in [7, 11) is 0. The number of aromatic nitrogens is 1. The van der Waals surface area contributed by atoms with Gasteiger partial charge in [-0.25, -0.2) is 4.98 Å². The van der Waals surface area contributed by atoms with E-state index in [1.54, 1.807) is 13.0 Å². The van der Waals surface area contributed by atoms with Crippen molar-refractivity contribution in [2.75, 3.05) is 18.1 Å². The highest BCUT2D eigenvalue weighted by Gasteiger charge is 2.32. The standard InChI is InChI=1S/C11H12Cl2N2O2/c1-6-8(12)3-9(13)11(14-6)15-4-7(5-16)2-10(15)17/h3,7,16H,2,4-5H2,1H3. The van der Waals surface area contributed by atoms with Crippen molar-refractivity contribution >= 4 is 34.9 Å². The summed E-state index contributed by atoms with van der Waals surface area (Å²) in [5.74, 6) is 0.311. The quantitative estimate of drug-likeness (QED) is 0.898. The predicted octanol–water partition coefficient (Wildman–Crippen LogP) is 2.04. The summed E-state index contributed by atoms with van der Waals surface area (Å²) in [5.41, 5.74) is 0.631. The second-order valence-corrected chi connectivity index (χ2v) is 4.93. The molecule has 0 aromatic carbocycles. The number of nitrogens with zero attached hydrogens (tertiary/aromatic N) is 2. The second-order valence-electron chi connectivity index (χ2n) is 4.12. The molecule has 92 valence electrons. The number of anilines is 1. The average Bonchev–Trinajstić information content (AvgIpc) is 2.65. The molecule has 0 saturated carbocycles. The van der Waals surface area contributed by atoms with E-state index in [9.17, 15) is 4.79 Å². The summed E-state index contributed by atoms with van der Waals surface area (Å²) in [5, 5.41) is 9.89. The number of carbonyl (C=O) groups excluding carboxylic acids is 1. The van der Waals surface area contributed by atoms with Crippen LogP contribution in [0.25, 0.3) is 0 Å². The van der Waals surface area contributed by atoms with Gasteiger partial charge in [-0.05, 0) is 13.0 Å². The largest absolute Gasteiger partial charge is 0.396 e. The number of pyridine rings is 1. The molecule has 4 nitrogen and oxygen atoms in total. The third-order valence-electron chi connectivity index (χ3n) is 2.81. The molecule has 2 heterocycles. The van der Waals surface area contributed by atoms with Gasteiger partial charge in [-0.3, -0.25) is 9.69 Å². The van der Waals surface area contributed by atoms with Crippen molar-refractivity contribution in [2.45, 2.75) is 13.3 Å². The van der Waals surface area contributed by atoms with E-state index in [2.05, 4.69) is 4.98 Å². The van der Waals surface area contributed by atoms with Gasteiger partial charge in [0.1, 0.15) is 0 Å². The van der Waals surface area contributed by atoms with E-state index in [0.717, 1.165) is 0 Å². The van der Waals surface area contributed by atoms with Gasteiger partial charge in [0, 0.05) is 25.5 Å². The highest BCUT2D eigenvalue weighted by molar-refractivity contribution is 6.36. The third-order valence-corrected chi connectivity index (χ3v) is 3.47. The van der Waals surface area contributed by atoms with Gasteiger partial charge in [0.25, 0.3) is 0 Å². The number of aryl methyl sites for hydroxylation is 1. The molecule has 0 aliphatic carbocycles. The van der Waals surface area contributed by atoms with Gasteiger partial charge in [0.15, 0.2) is 5.82 Å². The van der Waals surface area contributed by atoms with E-state index in [0.29, 0.717) is 34.5 Å². The first kappa shape index (κ1) is 12.6. The summed E-state index contributed by atoms with van der Waals surface area (Å²) in [6.45, 7) is 2.20. The lowest BCUT2D eigenvalue weighted by atomic mass is 10.1. The summed E-state index contributed by atoms with van der Waals surface area (Å²) in [6.07, 6.45) is 0.330. The Bertz CT molecular complexity index is 465. The Balaban J connectivity index is 2.35. The first-order valence-electron chi connectivity index (χ1n) is 5.26. The van der Waals surface area contributed by atoms with Crippen LogP contribution in [-0.4, -0.2) is 29.1 Å². The fraction of sp³-hybridized carbons (Fsp3) is 0.455. The fourth-order valence-corrected chi connectivity index (χ4v) is 2.30. The van der Waals surface area contributed by atoms with Crippen molar-refractivity contribution in [2.24, 2.45) is 5.92 Å². The lowest BCUT2D eigenvalue weighted by Crippen LogP contribution is -2.26. The van der Waals surface area contributed by atoms with Crippen LogP contribution in [0.5, 0.6) is 0 Å². The first-order chi connectivity index (χ1) is 8.02. The fourth-order valence-electron chi connectivity index (χ4n) is 1.84. The Kier molecular flexibility index (Phi) is 3.56. The van der Waals surface area contributed by atoms with E-state index in [4.69, 9.17) is 28.3 Å². The van der Waals surface area contributed by atoms with Crippen LogP contribution in [0.4, 0.5) is 5.82 Å². The highest BCUT2D eigenvalue weighted by atomic mass is 35.5.